The summed E-state index contributed by atoms with van der Waals surface area (Å²) in [7, 11) is 3.76. The zero-order valence-electron chi connectivity index (χ0n) is 13.9. The average molecular weight is 318 g/mol. The van der Waals surface area contributed by atoms with Crippen molar-refractivity contribution in [3.8, 4) is 5.88 Å². The van der Waals surface area contributed by atoms with Gasteiger partial charge in [0.15, 0.2) is 0 Å². The van der Waals surface area contributed by atoms with E-state index in [1.807, 2.05) is 50.2 Å². The van der Waals surface area contributed by atoms with Crippen LogP contribution in [0.15, 0.2) is 28.9 Å². The molecule has 23 heavy (non-hydrogen) atoms. The number of benzene rings is 1. The van der Waals surface area contributed by atoms with Gasteiger partial charge in [0.25, 0.3) is 5.88 Å². The first-order valence-electron chi connectivity index (χ1n) is 7.41. The minimum Gasteiger partial charge on any atom is -0.472 e. The van der Waals surface area contributed by atoms with Crippen molar-refractivity contribution in [1.82, 2.24) is 20.5 Å². The molecule has 2 aromatic rings. The Kier molecular flexibility index (Phi) is 5.70. The number of carbonyl (C=O) groups excluding carboxylic acids is 1. The molecule has 0 saturated carbocycles. The van der Waals surface area contributed by atoms with Gasteiger partial charge in [0.2, 0.25) is 5.91 Å². The smallest absolute Gasteiger partial charge is 0.278 e. The van der Waals surface area contributed by atoms with Gasteiger partial charge >= 0.3 is 0 Å². The minimum atomic E-state index is -0.342. The summed E-state index contributed by atoms with van der Waals surface area (Å²) in [6.45, 7) is 4.44. The summed E-state index contributed by atoms with van der Waals surface area (Å²) in [5, 5.41) is 10.1. The van der Waals surface area contributed by atoms with Gasteiger partial charge in [-0.15, -0.1) is 0 Å². The second kappa shape index (κ2) is 7.73. The van der Waals surface area contributed by atoms with Crippen LogP contribution in [0, 0.1) is 13.8 Å². The highest BCUT2D eigenvalue weighted by Crippen LogP contribution is 2.19. The van der Waals surface area contributed by atoms with E-state index in [-0.39, 0.29) is 11.9 Å². The average Bonchev–Trinajstić information content (AvgIpc) is 2.91. The Morgan fingerprint density at radius 1 is 1.26 bits per heavy atom. The zero-order chi connectivity index (χ0) is 16.8. The molecule has 0 radical (unpaired) electrons. The summed E-state index contributed by atoms with van der Waals surface area (Å²) >= 11 is 0. The fourth-order valence-corrected chi connectivity index (χ4v) is 2.21. The van der Waals surface area contributed by atoms with E-state index in [0.29, 0.717) is 24.7 Å². The Balaban J connectivity index is 1.89. The number of nitrogens with zero attached hydrogens (tertiary/aromatic N) is 3. The number of ether oxygens (including phenoxy) is 1. The lowest BCUT2D eigenvalue weighted by Gasteiger charge is -2.24. The third-order valence-electron chi connectivity index (χ3n) is 3.41. The van der Waals surface area contributed by atoms with Gasteiger partial charge in [-0.05, 0) is 38.7 Å². The zero-order valence-corrected chi connectivity index (χ0v) is 13.9. The number of aryl methyl sites for hydroxylation is 2. The fourth-order valence-electron chi connectivity index (χ4n) is 2.21. The van der Waals surface area contributed by atoms with Gasteiger partial charge in [-0.3, -0.25) is 9.69 Å². The van der Waals surface area contributed by atoms with Crippen LogP contribution in [0.4, 0.5) is 0 Å². The Morgan fingerprint density at radius 3 is 2.52 bits per heavy atom. The van der Waals surface area contributed by atoms with Crippen LogP contribution in [0.5, 0.6) is 5.88 Å². The van der Waals surface area contributed by atoms with Crippen molar-refractivity contribution in [3.05, 3.63) is 41.1 Å². The van der Waals surface area contributed by atoms with E-state index in [0.717, 1.165) is 11.1 Å². The number of aromatic nitrogens is 2. The first-order valence-corrected chi connectivity index (χ1v) is 7.41. The van der Waals surface area contributed by atoms with Crippen molar-refractivity contribution in [3.63, 3.8) is 0 Å². The fraction of sp³-hybridized carbons (Fsp3) is 0.438. The lowest BCUT2D eigenvalue weighted by atomic mass is 10.0. The van der Waals surface area contributed by atoms with E-state index in [1.165, 1.54) is 0 Å². The van der Waals surface area contributed by atoms with Crippen molar-refractivity contribution in [2.24, 2.45) is 0 Å². The highest BCUT2D eigenvalue weighted by Gasteiger charge is 2.22. The summed E-state index contributed by atoms with van der Waals surface area (Å²) < 4.78 is 9.93. The van der Waals surface area contributed by atoms with E-state index in [1.54, 1.807) is 6.92 Å². The molecule has 0 aliphatic heterocycles. The molecule has 0 fully saturated rings. The van der Waals surface area contributed by atoms with Crippen molar-refractivity contribution >= 4 is 5.91 Å². The summed E-state index contributed by atoms with van der Waals surface area (Å²) in [6, 6.07) is 7.61. The van der Waals surface area contributed by atoms with Crippen molar-refractivity contribution in [2.45, 2.75) is 19.9 Å². The molecule has 1 aromatic heterocycles. The number of hydrogen-bond donors (Lipinski definition) is 1. The van der Waals surface area contributed by atoms with Crippen LogP contribution < -0.4 is 10.1 Å². The number of likely N-dealkylation sites (N-methyl/N-ethyl adjacent to an activating group) is 1. The van der Waals surface area contributed by atoms with Crippen molar-refractivity contribution in [2.75, 3.05) is 27.2 Å². The molecule has 2 rings (SSSR count). The predicted octanol–water partition coefficient (Wildman–Crippen LogP) is 1.48. The monoisotopic (exact) mass is 318 g/mol. The lowest BCUT2D eigenvalue weighted by Crippen LogP contribution is -2.38. The van der Waals surface area contributed by atoms with Crippen LogP contribution in [0.2, 0.25) is 0 Å². The third kappa shape index (κ3) is 4.53. The molecule has 124 valence electrons. The van der Waals surface area contributed by atoms with E-state index in [2.05, 4.69) is 20.3 Å². The summed E-state index contributed by atoms with van der Waals surface area (Å²) in [5.74, 6) is 0.277. The Morgan fingerprint density at radius 2 is 1.96 bits per heavy atom. The molecule has 0 saturated heterocycles. The lowest BCUT2D eigenvalue weighted by molar-refractivity contribution is -0.125. The SMILES string of the molecule is Cc1ccc([C@H](C(=O)NCCOc2nonc2C)N(C)C)cc1. The largest absolute Gasteiger partial charge is 0.472 e. The highest BCUT2D eigenvalue weighted by molar-refractivity contribution is 5.83. The van der Waals surface area contributed by atoms with Gasteiger partial charge in [0, 0.05) is 0 Å². The van der Waals surface area contributed by atoms with Crippen molar-refractivity contribution < 1.29 is 14.2 Å². The number of carbonyl (C=O) groups is 1. The molecule has 0 spiro atoms. The molecular formula is C16H22N4O3. The first-order chi connectivity index (χ1) is 11.0. The molecule has 0 unspecified atom stereocenters. The number of rotatable bonds is 7. The molecule has 7 nitrogen and oxygen atoms in total. The summed E-state index contributed by atoms with van der Waals surface area (Å²) in [4.78, 5) is 14.3. The maximum absolute atomic E-state index is 12.4. The number of nitrogens with one attached hydrogen (secondary N) is 1. The van der Waals surface area contributed by atoms with Crippen LogP contribution in [0.3, 0.4) is 0 Å². The van der Waals surface area contributed by atoms with Gasteiger partial charge in [0.05, 0.1) is 6.54 Å². The van der Waals surface area contributed by atoms with Crippen LogP contribution >= 0.6 is 0 Å². The number of hydrogen-bond acceptors (Lipinski definition) is 6. The van der Waals surface area contributed by atoms with Gasteiger partial charge in [0.1, 0.15) is 18.3 Å². The third-order valence-corrected chi connectivity index (χ3v) is 3.41. The maximum atomic E-state index is 12.4. The number of amides is 1. The summed E-state index contributed by atoms with van der Waals surface area (Å²) in [6.07, 6.45) is 0. The van der Waals surface area contributed by atoms with E-state index in [4.69, 9.17) is 4.74 Å². The Labute approximate surface area is 135 Å². The molecule has 1 heterocycles. The standard InChI is InChI=1S/C16H22N4O3/c1-11-5-7-13(8-6-11)14(20(3)4)15(21)17-9-10-22-16-12(2)18-23-19-16/h5-8,14H,9-10H2,1-4H3,(H,17,21)/t14-/m1/s1. The maximum Gasteiger partial charge on any atom is 0.278 e. The molecule has 1 aromatic carbocycles. The topological polar surface area (TPSA) is 80.5 Å². The Bertz CT molecular complexity index is 637. The van der Waals surface area contributed by atoms with Crippen molar-refractivity contribution in [1.29, 1.82) is 0 Å². The van der Waals surface area contributed by atoms with E-state index < -0.39 is 0 Å². The summed E-state index contributed by atoms with van der Waals surface area (Å²) in [5.41, 5.74) is 2.70. The normalized spacial score (nSPS) is 12.2. The van der Waals surface area contributed by atoms with Crippen LogP contribution in [0.1, 0.15) is 22.9 Å². The van der Waals surface area contributed by atoms with E-state index >= 15 is 0 Å². The van der Waals surface area contributed by atoms with E-state index in [9.17, 15) is 4.79 Å². The minimum absolute atomic E-state index is 0.0718. The van der Waals surface area contributed by atoms with Crippen LogP contribution in [-0.2, 0) is 4.79 Å². The molecular weight excluding hydrogens is 296 g/mol. The first kappa shape index (κ1) is 17.0. The second-order valence-corrected chi connectivity index (χ2v) is 5.57. The van der Waals surface area contributed by atoms with Gasteiger partial charge in [-0.2, -0.15) is 0 Å². The molecule has 1 N–H and O–H groups in total. The van der Waals surface area contributed by atoms with Gasteiger partial charge in [-0.1, -0.05) is 35.0 Å². The molecule has 0 aliphatic rings. The second-order valence-electron chi connectivity index (χ2n) is 5.57. The Hall–Kier alpha value is -2.41. The van der Waals surface area contributed by atoms with Crippen LogP contribution in [0.25, 0.3) is 0 Å². The predicted molar refractivity (Wildman–Crippen MR) is 85.1 cm³/mol. The quantitative estimate of drug-likeness (QED) is 0.779. The molecule has 0 aliphatic carbocycles. The molecule has 7 heteroatoms. The molecule has 0 bridgehead atoms. The molecule has 1 amide bonds. The molecule has 1 atom stereocenters. The highest BCUT2D eigenvalue weighted by atomic mass is 16.6. The van der Waals surface area contributed by atoms with Crippen LogP contribution in [-0.4, -0.2) is 48.4 Å². The van der Waals surface area contributed by atoms with Gasteiger partial charge < -0.3 is 10.1 Å². The van der Waals surface area contributed by atoms with Gasteiger partial charge in [-0.25, -0.2) is 4.63 Å².